The average Bonchev–Trinajstić information content (AvgIpc) is 2.84. The summed E-state index contributed by atoms with van der Waals surface area (Å²) in [5.74, 6) is 1.74. The van der Waals surface area contributed by atoms with E-state index in [-0.39, 0.29) is 11.7 Å². The van der Waals surface area contributed by atoms with Gasteiger partial charge in [0, 0.05) is 44.7 Å². The van der Waals surface area contributed by atoms with E-state index in [1.54, 1.807) is 12.1 Å². The van der Waals surface area contributed by atoms with Gasteiger partial charge in [0.15, 0.2) is 5.82 Å². The number of fused-ring (bicyclic) bond motifs is 1. The van der Waals surface area contributed by atoms with Crippen molar-refractivity contribution in [2.24, 2.45) is 0 Å². The topological polar surface area (TPSA) is 82.0 Å². The fourth-order valence-corrected chi connectivity index (χ4v) is 4.47. The number of piperazine rings is 1. The van der Waals surface area contributed by atoms with E-state index in [4.69, 9.17) is 14.7 Å². The molecule has 0 atom stereocenters. The molecule has 0 radical (unpaired) electrons. The van der Waals surface area contributed by atoms with Crippen LogP contribution in [0.2, 0.25) is 0 Å². The molecule has 8 heteroatoms. The van der Waals surface area contributed by atoms with Gasteiger partial charge in [0.2, 0.25) is 5.91 Å². The number of phenolic OH excluding ortho intramolecular Hbond substituents is 1. The summed E-state index contributed by atoms with van der Waals surface area (Å²) in [5, 5.41) is 11.4. The Balaban J connectivity index is 1.37. The van der Waals surface area contributed by atoms with E-state index in [1.807, 2.05) is 24.0 Å². The molecule has 2 saturated heterocycles. The summed E-state index contributed by atoms with van der Waals surface area (Å²) in [5.41, 5.74) is 2.61. The van der Waals surface area contributed by atoms with Gasteiger partial charge in [-0.05, 0) is 36.8 Å². The van der Waals surface area contributed by atoms with Crippen LogP contribution < -0.4 is 4.90 Å². The molecule has 0 spiro atoms. The van der Waals surface area contributed by atoms with E-state index in [1.165, 1.54) is 0 Å². The fraction of sp³-hybridized carbons (Fsp3) is 0.400. The lowest BCUT2D eigenvalue weighted by atomic mass is 10.1. The van der Waals surface area contributed by atoms with Gasteiger partial charge in [-0.15, -0.1) is 0 Å². The van der Waals surface area contributed by atoms with Crippen molar-refractivity contribution in [2.75, 3.05) is 63.9 Å². The van der Waals surface area contributed by atoms with Crippen LogP contribution in [0.1, 0.15) is 5.56 Å². The minimum atomic E-state index is 0.168. The van der Waals surface area contributed by atoms with Gasteiger partial charge in [0.05, 0.1) is 30.8 Å². The second-order valence-corrected chi connectivity index (χ2v) is 8.66. The Labute approximate surface area is 193 Å². The summed E-state index contributed by atoms with van der Waals surface area (Å²) >= 11 is 0. The van der Waals surface area contributed by atoms with Gasteiger partial charge < -0.3 is 19.6 Å². The number of amides is 1. The highest BCUT2D eigenvalue weighted by molar-refractivity contribution is 5.92. The van der Waals surface area contributed by atoms with Gasteiger partial charge in [-0.2, -0.15) is 0 Å². The van der Waals surface area contributed by atoms with Crippen LogP contribution in [-0.4, -0.2) is 89.8 Å². The molecule has 33 heavy (non-hydrogen) atoms. The number of benzene rings is 2. The number of carbonyl (C=O) groups is 1. The lowest BCUT2D eigenvalue weighted by molar-refractivity contribution is -0.136. The number of anilines is 1. The largest absolute Gasteiger partial charge is 0.507 e. The van der Waals surface area contributed by atoms with Crippen LogP contribution in [0.5, 0.6) is 5.75 Å². The maximum atomic E-state index is 12.6. The SMILES string of the molecule is Cc1ccc2c(N3CCN(CC(=O)N4CCOCC4)CC3)nc(-c3ccccc3O)nc2c1. The van der Waals surface area contributed by atoms with Crippen molar-refractivity contribution in [3.05, 3.63) is 48.0 Å². The maximum Gasteiger partial charge on any atom is 0.236 e. The van der Waals surface area contributed by atoms with Crippen LogP contribution in [0.15, 0.2) is 42.5 Å². The zero-order valence-electron chi connectivity index (χ0n) is 18.9. The standard InChI is InChI=1S/C25H29N5O3/c1-18-6-7-19-21(16-18)26-24(20-4-2-3-5-22(20)31)27-25(19)30-10-8-28(9-11-30)17-23(32)29-12-14-33-15-13-29/h2-7,16,31H,8-15,17H2,1H3. The van der Waals surface area contributed by atoms with Crippen LogP contribution in [0.4, 0.5) is 5.82 Å². The second kappa shape index (κ2) is 9.33. The molecular formula is C25H29N5O3. The number of nitrogens with zero attached hydrogens (tertiary/aromatic N) is 5. The minimum absolute atomic E-state index is 0.168. The second-order valence-electron chi connectivity index (χ2n) is 8.66. The van der Waals surface area contributed by atoms with Crippen LogP contribution in [0.25, 0.3) is 22.3 Å². The fourth-order valence-electron chi connectivity index (χ4n) is 4.47. The number of para-hydroxylation sites is 1. The van der Waals surface area contributed by atoms with E-state index in [0.717, 1.165) is 48.5 Å². The smallest absolute Gasteiger partial charge is 0.236 e. The minimum Gasteiger partial charge on any atom is -0.507 e. The molecule has 2 aromatic carbocycles. The normalized spacial score (nSPS) is 17.5. The molecule has 5 rings (SSSR count). The number of carbonyl (C=O) groups excluding carboxylic acids is 1. The number of aromatic hydroxyl groups is 1. The number of aryl methyl sites for hydroxylation is 1. The number of ether oxygens (including phenoxy) is 1. The summed E-state index contributed by atoms with van der Waals surface area (Å²) in [6.45, 7) is 8.23. The molecular weight excluding hydrogens is 418 g/mol. The number of phenols is 1. The van der Waals surface area contributed by atoms with Crippen molar-refractivity contribution >= 4 is 22.6 Å². The Hall–Kier alpha value is -3.23. The summed E-state index contributed by atoms with van der Waals surface area (Å²) in [6.07, 6.45) is 0. The maximum absolute atomic E-state index is 12.6. The summed E-state index contributed by atoms with van der Waals surface area (Å²) in [7, 11) is 0. The summed E-state index contributed by atoms with van der Waals surface area (Å²) in [4.78, 5) is 28.7. The van der Waals surface area contributed by atoms with Gasteiger partial charge in [-0.1, -0.05) is 18.2 Å². The third-order valence-electron chi connectivity index (χ3n) is 6.37. The lowest BCUT2D eigenvalue weighted by Crippen LogP contribution is -2.51. The Bertz CT molecular complexity index is 1150. The first-order valence-corrected chi connectivity index (χ1v) is 11.5. The van der Waals surface area contributed by atoms with Gasteiger partial charge in [0.25, 0.3) is 0 Å². The molecule has 2 aliphatic rings. The van der Waals surface area contributed by atoms with E-state index >= 15 is 0 Å². The Morgan fingerprint density at radius 2 is 1.76 bits per heavy atom. The van der Waals surface area contributed by atoms with Crippen molar-refractivity contribution < 1.29 is 14.6 Å². The van der Waals surface area contributed by atoms with Crippen molar-refractivity contribution in [1.82, 2.24) is 19.8 Å². The van der Waals surface area contributed by atoms with Gasteiger partial charge in [-0.25, -0.2) is 9.97 Å². The predicted molar refractivity (Wildman–Crippen MR) is 127 cm³/mol. The van der Waals surface area contributed by atoms with Crippen LogP contribution in [0, 0.1) is 6.92 Å². The predicted octanol–water partition coefficient (Wildman–Crippen LogP) is 2.29. The monoisotopic (exact) mass is 447 g/mol. The molecule has 0 bridgehead atoms. The Kier molecular flexibility index (Phi) is 6.11. The van der Waals surface area contributed by atoms with Crippen LogP contribution in [-0.2, 0) is 9.53 Å². The van der Waals surface area contributed by atoms with Gasteiger partial charge >= 0.3 is 0 Å². The van der Waals surface area contributed by atoms with E-state index in [2.05, 4.69) is 28.0 Å². The lowest BCUT2D eigenvalue weighted by Gasteiger charge is -2.37. The number of rotatable bonds is 4. The number of hydrogen-bond acceptors (Lipinski definition) is 7. The Morgan fingerprint density at radius 1 is 1.00 bits per heavy atom. The van der Waals surface area contributed by atoms with Crippen LogP contribution in [0.3, 0.4) is 0 Å². The van der Waals surface area contributed by atoms with Crippen molar-refractivity contribution in [1.29, 1.82) is 0 Å². The molecule has 0 aliphatic carbocycles. The molecule has 0 saturated carbocycles. The first kappa shape index (κ1) is 21.6. The third-order valence-corrected chi connectivity index (χ3v) is 6.37. The number of morpholine rings is 1. The molecule has 3 heterocycles. The molecule has 2 aliphatic heterocycles. The first-order chi connectivity index (χ1) is 16.1. The zero-order valence-corrected chi connectivity index (χ0v) is 18.9. The number of hydrogen-bond donors (Lipinski definition) is 1. The van der Waals surface area contributed by atoms with Gasteiger partial charge in [-0.3, -0.25) is 9.69 Å². The highest BCUT2D eigenvalue weighted by Crippen LogP contribution is 2.32. The van der Waals surface area contributed by atoms with Crippen molar-refractivity contribution in [3.8, 4) is 17.1 Å². The number of aromatic nitrogens is 2. The molecule has 1 amide bonds. The van der Waals surface area contributed by atoms with E-state index in [9.17, 15) is 9.90 Å². The quantitative estimate of drug-likeness (QED) is 0.657. The molecule has 1 N–H and O–H groups in total. The molecule has 1 aromatic heterocycles. The van der Waals surface area contributed by atoms with Crippen LogP contribution >= 0.6 is 0 Å². The zero-order chi connectivity index (χ0) is 22.8. The summed E-state index contributed by atoms with van der Waals surface area (Å²) in [6, 6.07) is 13.4. The van der Waals surface area contributed by atoms with Crippen molar-refractivity contribution in [2.45, 2.75) is 6.92 Å². The molecule has 3 aromatic rings. The van der Waals surface area contributed by atoms with E-state index in [0.29, 0.717) is 44.2 Å². The molecule has 2 fully saturated rings. The molecule has 0 unspecified atom stereocenters. The summed E-state index contributed by atoms with van der Waals surface area (Å²) < 4.78 is 5.35. The third kappa shape index (κ3) is 4.62. The average molecular weight is 448 g/mol. The van der Waals surface area contributed by atoms with Gasteiger partial charge in [0.1, 0.15) is 11.6 Å². The highest BCUT2D eigenvalue weighted by Gasteiger charge is 2.25. The highest BCUT2D eigenvalue weighted by atomic mass is 16.5. The first-order valence-electron chi connectivity index (χ1n) is 11.5. The Morgan fingerprint density at radius 3 is 2.52 bits per heavy atom. The molecule has 172 valence electrons. The van der Waals surface area contributed by atoms with Crippen molar-refractivity contribution in [3.63, 3.8) is 0 Å². The van der Waals surface area contributed by atoms with E-state index < -0.39 is 0 Å². The molecule has 8 nitrogen and oxygen atoms in total.